The van der Waals surface area contributed by atoms with E-state index < -0.39 is 0 Å². The Morgan fingerprint density at radius 3 is 2.69 bits per heavy atom. The standard InChI is InChI=1S/C26H23BrN4O5/c1-34-7-8-36-25-12-18-17(10-24(25)35-2)26(29-14-28-18)30-19-11-23(33)21(13-22(19)32)31-6-5-15-9-16(27)3-4-20(15)31/h3-4,9-14H,5-8H2,1-2H3,(H,28,29,30). The maximum atomic E-state index is 13.1. The number of benzene rings is 2. The van der Waals surface area contributed by atoms with E-state index in [-0.39, 0.29) is 17.3 Å². The molecule has 0 saturated heterocycles. The summed E-state index contributed by atoms with van der Waals surface area (Å²) in [6.07, 6.45) is 4.89. The van der Waals surface area contributed by atoms with E-state index in [1.54, 1.807) is 19.2 Å². The molecule has 0 saturated carbocycles. The molecule has 1 aromatic heterocycles. The van der Waals surface area contributed by atoms with Gasteiger partial charge in [-0.15, -0.1) is 0 Å². The van der Waals surface area contributed by atoms with Crippen LogP contribution in [-0.2, 0) is 20.7 Å². The number of hydrogen-bond acceptors (Lipinski definition) is 9. The van der Waals surface area contributed by atoms with Gasteiger partial charge in [0.05, 0.1) is 30.6 Å². The van der Waals surface area contributed by atoms with Crippen LogP contribution < -0.4 is 19.7 Å². The summed E-state index contributed by atoms with van der Waals surface area (Å²) in [5.41, 5.74) is 3.15. The lowest BCUT2D eigenvalue weighted by molar-refractivity contribution is -0.115. The number of carbonyl (C=O) groups is 2. The molecule has 0 fully saturated rings. The minimum absolute atomic E-state index is 0.137. The number of hydrogen-bond donors (Lipinski definition) is 1. The van der Waals surface area contributed by atoms with Crippen molar-refractivity contribution in [1.82, 2.24) is 9.97 Å². The normalized spacial score (nSPS) is 15.0. The van der Waals surface area contributed by atoms with E-state index in [9.17, 15) is 9.59 Å². The molecule has 2 aromatic carbocycles. The molecule has 184 valence electrons. The Morgan fingerprint density at radius 1 is 1.03 bits per heavy atom. The maximum Gasteiger partial charge on any atom is 0.204 e. The Kier molecular flexibility index (Phi) is 6.71. The number of ether oxygens (including phenoxy) is 3. The molecule has 1 aliphatic heterocycles. The Labute approximate surface area is 215 Å². The zero-order chi connectivity index (χ0) is 25.2. The molecule has 0 atom stereocenters. The summed E-state index contributed by atoms with van der Waals surface area (Å²) in [7, 11) is 3.13. The van der Waals surface area contributed by atoms with E-state index in [1.165, 1.54) is 25.6 Å². The highest BCUT2D eigenvalue weighted by atomic mass is 79.9. The highest BCUT2D eigenvalue weighted by Crippen LogP contribution is 2.36. The van der Waals surface area contributed by atoms with Crippen LogP contribution in [0.3, 0.4) is 0 Å². The maximum absolute atomic E-state index is 13.1. The van der Waals surface area contributed by atoms with Gasteiger partial charge in [-0.3, -0.25) is 9.59 Å². The van der Waals surface area contributed by atoms with Crippen LogP contribution >= 0.6 is 15.9 Å². The van der Waals surface area contributed by atoms with Crippen molar-refractivity contribution >= 4 is 49.9 Å². The fraction of sp³-hybridized carbons (Fsp3) is 0.231. The summed E-state index contributed by atoms with van der Waals surface area (Å²) in [5, 5.41) is 3.63. The Balaban J connectivity index is 1.41. The lowest BCUT2D eigenvalue weighted by Gasteiger charge is -2.24. The van der Waals surface area contributed by atoms with Crippen molar-refractivity contribution in [2.75, 3.05) is 44.2 Å². The van der Waals surface area contributed by atoms with Crippen LogP contribution in [0.1, 0.15) is 5.56 Å². The molecule has 0 spiro atoms. The number of allylic oxidation sites excluding steroid dienone is 2. The number of nitrogens with zero attached hydrogens (tertiary/aromatic N) is 3. The molecule has 36 heavy (non-hydrogen) atoms. The van der Waals surface area contributed by atoms with Gasteiger partial charge < -0.3 is 24.4 Å². The summed E-state index contributed by atoms with van der Waals surface area (Å²) in [4.78, 5) is 36.6. The quantitative estimate of drug-likeness (QED) is 0.331. The third-order valence-electron chi connectivity index (χ3n) is 6.01. The molecule has 3 aromatic rings. The third-order valence-corrected chi connectivity index (χ3v) is 6.50. The van der Waals surface area contributed by atoms with Crippen molar-refractivity contribution in [1.29, 1.82) is 0 Å². The van der Waals surface area contributed by atoms with Gasteiger partial charge in [0.15, 0.2) is 11.5 Å². The number of rotatable bonds is 8. The first-order valence-corrected chi connectivity index (χ1v) is 12.1. The number of halogens is 1. The molecule has 0 amide bonds. The van der Waals surface area contributed by atoms with Gasteiger partial charge in [0.25, 0.3) is 0 Å². The number of methoxy groups -OCH3 is 2. The summed E-state index contributed by atoms with van der Waals surface area (Å²) >= 11 is 3.48. The van der Waals surface area contributed by atoms with Gasteiger partial charge in [0, 0.05) is 47.4 Å². The van der Waals surface area contributed by atoms with Gasteiger partial charge in [-0.05, 0) is 36.2 Å². The van der Waals surface area contributed by atoms with Crippen LogP contribution in [0.5, 0.6) is 11.5 Å². The van der Waals surface area contributed by atoms with Crippen molar-refractivity contribution in [3.63, 3.8) is 0 Å². The van der Waals surface area contributed by atoms with E-state index in [0.29, 0.717) is 53.7 Å². The molecule has 1 N–H and O–H groups in total. The third kappa shape index (κ3) is 4.57. The van der Waals surface area contributed by atoms with E-state index in [1.807, 2.05) is 23.1 Å². The predicted octanol–water partition coefficient (Wildman–Crippen LogP) is 3.82. The van der Waals surface area contributed by atoms with Crippen molar-refractivity contribution < 1.29 is 23.8 Å². The number of ketones is 2. The molecular formula is C26H23BrN4O5. The highest BCUT2D eigenvalue weighted by Gasteiger charge is 2.30. The molecule has 0 radical (unpaired) electrons. The zero-order valence-electron chi connectivity index (χ0n) is 19.7. The van der Waals surface area contributed by atoms with E-state index in [0.717, 1.165) is 22.1 Å². The topological polar surface area (TPSA) is 103 Å². The molecule has 2 heterocycles. The van der Waals surface area contributed by atoms with Crippen LogP contribution in [0.25, 0.3) is 10.9 Å². The Morgan fingerprint density at radius 2 is 1.89 bits per heavy atom. The SMILES string of the molecule is COCCOc1cc2ncnc(NC3=CC(=O)C(N4CCc5cc(Br)ccc54)=CC3=O)c2cc1OC. The molecule has 0 unspecified atom stereocenters. The molecule has 9 nitrogen and oxygen atoms in total. The van der Waals surface area contributed by atoms with E-state index in [2.05, 4.69) is 31.2 Å². The molecule has 1 aliphatic carbocycles. The second-order valence-electron chi connectivity index (χ2n) is 8.20. The van der Waals surface area contributed by atoms with Crippen LogP contribution in [-0.4, -0.2) is 55.5 Å². The second-order valence-corrected chi connectivity index (χ2v) is 9.12. The average molecular weight is 551 g/mol. The summed E-state index contributed by atoms with van der Waals surface area (Å²) in [6, 6.07) is 9.39. The first-order chi connectivity index (χ1) is 17.5. The molecule has 10 heteroatoms. The predicted molar refractivity (Wildman–Crippen MR) is 138 cm³/mol. The summed E-state index contributed by atoms with van der Waals surface area (Å²) < 4.78 is 17.2. The first kappa shape index (κ1) is 24.0. The lowest BCUT2D eigenvalue weighted by atomic mass is 10.0. The van der Waals surface area contributed by atoms with Crippen LogP contribution in [0.4, 0.5) is 11.5 Å². The largest absolute Gasteiger partial charge is 0.493 e. The van der Waals surface area contributed by atoms with Gasteiger partial charge >= 0.3 is 0 Å². The average Bonchev–Trinajstić information content (AvgIpc) is 3.28. The van der Waals surface area contributed by atoms with Gasteiger partial charge in [-0.2, -0.15) is 0 Å². The Bertz CT molecular complexity index is 1440. The van der Waals surface area contributed by atoms with Gasteiger partial charge in [0.2, 0.25) is 11.6 Å². The molecule has 2 aliphatic rings. The molecular weight excluding hydrogens is 528 g/mol. The first-order valence-electron chi connectivity index (χ1n) is 11.3. The van der Waals surface area contributed by atoms with E-state index >= 15 is 0 Å². The number of aromatic nitrogens is 2. The van der Waals surface area contributed by atoms with Gasteiger partial charge in [0.1, 0.15) is 18.8 Å². The van der Waals surface area contributed by atoms with Crippen LogP contribution in [0.15, 0.2) is 64.7 Å². The Hall–Kier alpha value is -3.76. The number of fused-ring (bicyclic) bond motifs is 2. The minimum atomic E-state index is -0.312. The fourth-order valence-electron chi connectivity index (χ4n) is 4.28. The highest BCUT2D eigenvalue weighted by molar-refractivity contribution is 9.10. The molecule has 0 bridgehead atoms. The van der Waals surface area contributed by atoms with Crippen molar-refractivity contribution in [3.05, 3.63) is 70.2 Å². The number of carbonyl (C=O) groups excluding carboxylic acids is 2. The van der Waals surface area contributed by atoms with Crippen molar-refractivity contribution in [2.24, 2.45) is 0 Å². The van der Waals surface area contributed by atoms with Gasteiger partial charge in [-0.25, -0.2) is 9.97 Å². The zero-order valence-corrected chi connectivity index (χ0v) is 21.3. The molecule has 5 rings (SSSR count). The summed E-state index contributed by atoms with van der Waals surface area (Å²) in [5.74, 6) is 0.812. The smallest absolute Gasteiger partial charge is 0.204 e. The van der Waals surface area contributed by atoms with Crippen molar-refractivity contribution in [2.45, 2.75) is 6.42 Å². The number of anilines is 2. The monoisotopic (exact) mass is 550 g/mol. The fourth-order valence-corrected chi connectivity index (χ4v) is 4.69. The second kappa shape index (κ2) is 10.1. The minimum Gasteiger partial charge on any atom is -0.493 e. The van der Waals surface area contributed by atoms with E-state index in [4.69, 9.17) is 14.2 Å². The van der Waals surface area contributed by atoms with Gasteiger partial charge in [-0.1, -0.05) is 15.9 Å². The van der Waals surface area contributed by atoms with Crippen molar-refractivity contribution in [3.8, 4) is 11.5 Å². The number of nitrogens with one attached hydrogen (secondary N) is 1. The lowest BCUT2D eigenvalue weighted by Crippen LogP contribution is -2.30. The van der Waals surface area contributed by atoms with Crippen LogP contribution in [0, 0.1) is 0 Å². The summed E-state index contributed by atoms with van der Waals surface area (Å²) in [6.45, 7) is 1.42. The van der Waals surface area contributed by atoms with Crippen LogP contribution in [0.2, 0.25) is 0 Å².